The van der Waals surface area contributed by atoms with E-state index in [1.165, 1.54) is 11.3 Å². The van der Waals surface area contributed by atoms with Gasteiger partial charge in [-0.25, -0.2) is 0 Å². The molecule has 0 atom stereocenters. The minimum Gasteiger partial charge on any atom is -0.368 e. The number of hydrogen-bond donors (Lipinski definition) is 1. The van der Waals surface area contributed by atoms with Gasteiger partial charge in [0.15, 0.2) is 0 Å². The van der Waals surface area contributed by atoms with E-state index < -0.39 is 0 Å². The fourth-order valence-electron chi connectivity index (χ4n) is 3.12. The van der Waals surface area contributed by atoms with E-state index >= 15 is 0 Å². The van der Waals surface area contributed by atoms with Crippen LogP contribution in [0.1, 0.15) is 17.5 Å². The molecule has 0 aliphatic carbocycles. The summed E-state index contributed by atoms with van der Waals surface area (Å²) in [5, 5.41) is 11.5. The second-order valence-electron chi connectivity index (χ2n) is 6.62. The first kappa shape index (κ1) is 18.5. The molecule has 1 fully saturated rings. The van der Waals surface area contributed by atoms with Gasteiger partial charge in [-0.3, -0.25) is 9.59 Å². The van der Waals surface area contributed by atoms with Gasteiger partial charge in [-0.2, -0.15) is 5.26 Å². The van der Waals surface area contributed by atoms with E-state index in [0.29, 0.717) is 24.3 Å². The average molecular weight is 362 g/mol. The third kappa shape index (κ3) is 4.85. The highest BCUT2D eigenvalue weighted by molar-refractivity contribution is 6.03. The van der Waals surface area contributed by atoms with Crippen molar-refractivity contribution in [1.82, 2.24) is 4.90 Å². The van der Waals surface area contributed by atoms with E-state index in [0.717, 1.165) is 13.1 Å². The molecule has 2 aromatic rings. The summed E-state index contributed by atoms with van der Waals surface area (Å²) in [6.07, 6.45) is -0.176. The minimum atomic E-state index is -0.342. The normalized spacial score (nSPS) is 13.8. The Labute approximate surface area is 159 Å². The van der Waals surface area contributed by atoms with E-state index in [1.54, 1.807) is 29.2 Å². The quantitative estimate of drug-likeness (QED) is 0.848. The van der Waals surface area contributed by atoms with Crippen LogP contribution < -0.4 is 10.2 Å². The van der Waals surface area contributed by atoms with Crippen molar-refractivity contribution in [3.63, 3.8) is 0 Å². The standard InChI is InChI=1S/C21H22N4O2/c1-16-3-2-4-19(13-16)24-9-11-25(12-10-24)21(27)14-20(26)23-18-7-5-17(15-22)6-8-18/h2-8,13H,9-12,14H2,1H3,(H,23,26). The number of nitrogens with zero attached hydrogens (tertiary/aromatic N) is 3. The second-order valence-corrected chi connectivity index (χ2v) is 6.62. The predicted molar refractivity (Wildman–Crippen MR) is 104 cm³/mol. The Bertz CT molecular complexity index is 862. The molecule has 0 spiro atoms. The Morgan fingerprint density at radius 1 is 1.07 bits per heavy atom. The highest BCUT2D eigenvalue weighted by Crippen LogP contribution is 2.18. The maximum atomic E-state index is 12.4. The molecule has 2 amide bonds. The van der Waals surface area contributed by atoms with Gasteiger partial charge in [0.1, 0.15) is 6.42 Å². The number of nitrogens with one attached hydrogen (secondary N) is 1. The lowest BCUT2D eigenvalue weighted by molar-refractivity contribution is -0.134. The molecule has 0 radical (unpaired) electrons. The first-order valence-electron chi connectivity index (χ1n) is 8.94. The highest BCUT2D eigenvalue weighted by atomic mass is 16.2. The van der Waals surface area contributed by atoms with Crippen molar-refractivity contribution in [2.24, 2.45) is 0 Å². The summed E-state index contributed by atoms with van der Waals surface area (Å²) in [6.45, 7) is 4.79. The van der Waals surface area contributed by atoms with E-state index in [1.807, 2.05) is 12.1 Å². The van der Waals surface area contributed by atoms with Gasteiger partial charge in [-0.1, -0.05) is 12.1 Å². The summed E-state index contributed by atoms with van der Waals surface area (Å²) in [5.74, 6) is -0.504. The Morgan fingerprint density at radius 2 is 1.78 bits per heavy atom. The van der Waals surface area contributed by atoms with Gasteiger partial charge in [0.25, 0.3) is 0 Å². The topological polar surface area (TPSA) is 76.4 Å². The molecular formula is C21H22N4O2. The summed E-state index contributed by atoms with van der Waals surface area (Å²) in [4.78, 5) is 28.5. The van der Waals surface area contributed by atoms with Gasteiger partial charge in [-0.05, 0) is 48.9 Å². The summed E-state index contributed by atoms with van der Waals surface area (Å²) in [5.41, 5.74) is 3.48. The second kappa shape index (κ2) is 8.37. The predicted octanol–water partition coefficient (Wildman–Crippen LogP) is 2.54. The van der Waals surface area contributed by atoms with Gasteiger partial charge in [0.05, 0.1) is 11.6 Å². The van der Waals surface area contributed by atoms with Crippen LogP contribution in [0.3, 0.4) is 0 Å². The Morgan fingerprint density at radius 3 is 2.41 bits per heavy atom. The lowest BCUT2D eigenvalue weighted by atomic mass is 10.2. The maximum Gasteiger partial charge on any atom is 0.233 e. The lowest BCUT2D eigenvalue weighted by Gasteiger charge is -2.36. The molecule has 3 rings (SSSR count). The average Bonchev–Trinajstić information content (AvgIpc) is 2.68. The van der Waals surface area contributed by atoms with Crippen molar-refractivity contribution < 1.29 is 9.59 Å². The molecule has 27 heavy (non-hydrogen) atoms. The molecule has 1 N–H and O–H groups in total. The molecule has 1 saturated heterocycles. The lowest BCUT2D eigenvalue weighted by Crippen LogP contribution is -2.49. The number of hydrogen-bond acceptors (Lipinski definition) is 4. The minimum absolute atomic E-state index is 0.162. The van der Waals surface area contributed by atoms with E-state index in [-0.39, 0.29) is 18.2 Å². The summed E-state index contributed by atoms with van der Waals surface area (Å²) in [6, 6.07) is 16.9. The number of amides is 2. The number of benzene rings is 2. The molecule has 1 heterocycles. The first-order valence-corrected chi connectivity index (χ1v) is 8.94. The van der Waals surface area contributed by atoms with Crippen molar-refractivity contribution >= 4 is 23.2 Å². The summed E-state index contributed by atoms with van der Waals surface area (Å²) in [7, 11) is 0. The van der Waals surface area contributed by atoms with Crippen molar-refractivity contribution in [2.45, 2.75) is 13.3 Å². The number of anilines is 2. The van der Waals surface area contributed by atoms with Crippen LogP contribution in [0.25, 0.3) is 0 Å². The molecule has 0 bridgehead atoms. The van der Waals surface area contributed by atoms with Gasteiger partial charge in [0.2, 0.25) is 11.8 Å². The zero-order chi connectivity index (χ0) is 19.2. The van der Waals surface area contributed by atoms with Crippen LogP contribution in [0.4, 0.5) is 11.4 Å². The zero-order valence-corrected chi connectivity index (χ0v) is 15.3. The van der Waals surface area contributed by atoms with Crippen molar-refractivity contribution in [3.8, 4) is 6.07 Å². The zero-order valence-electron chi connectivity index (χ0n) is 15.3. The van der Waals surface area contributed by atoms with Gasteiger partial charge >= 0.3 is 0 Å². The van der Waals surface area contributed by atoms with Crippen LogP contribution in [0.2, 0.25) is 0 Å². The molecule has 0 aromatic heterocycles. The van der Waals surface area contributed by atoms with Crippen LogP contribution in [0, 0.1) is 18.3 Å². The van der Waals surface area contributed by atoms with E-state index in [2.05, 4.69) is 35.3 Å². The molecule has 6 nitrogen and oxygen atoms in total. The van der Waals surface area contributed by atoms with Crippen LogP contribution >= 0.6 is 0 Å². The number of carbonyl (C=O) groups is 2. The molecule has 138 valence electrons. The van der Waals surface area contributed by atoms with Crippen LogP contribution in [0.5, 0.6) is 0 Å². The number of carbonyl (C=O) groups excluding carboxylic acids is 2. The molecule has 0 unspecified atom stereocenters. The summed E-state index contributed by atoms with van der Waals surface area (Å²) < 4.78 is 0. The monoisotopic (exact) mass is 362 g/mol. The molecule has 0 saturated carbocycles. The third-order valence-electron chi connectivity index (χ3n) is 4.61. The smallest absolute Gasteiger partial charge is 0.233 e. The fourth-order valence-corrected chi connectivity index (χ4v) is 3.12. The number of piperazine rings is 1. The molecule has 2 aromatic carbocycles. The van der Waals surface area contributed by atoms with E-state index in [4.69, 9.17) is 5.26 Å². The number of nitriles is 1. The molecule has 6 heteroatoms. The third-order valence-corrected chi connectivity index (χ3v) is 4.61. The number of rotatable bonds is 4. The van der Waals surface area contributed by atoms with Gasteiger partial charge in [0, 0.05) is 37.6 Å². The van der Waals surface area contributed by atoms with E-state index in [9.17, 15) is 9.59 Å². The Balaban J connectivity index is 1.48. The van der Waals surface area contributed by atoms with Crippen molar-refractivity contribution in [1.29, 1.82) is 5.26 Å². The SMILES string of the molecule is Cc1cccc(N2CCN(C(=O)CC(=O)Nc3ccc(C#N)cc3)CC2)c1. The fraction of sp³-hybridized carbons (Fsp3) is 0.286. The molecular weight excluding hydrogens is 340 g/mol. The van der Waals surface area contributed by atoms with Crippen LogP contribution in [-0.4, -0.2) is 42.9 Å². The molecule has 1 aliphatic heterocycles. The first-order chi connectivity index (χ1) is 13.0. The highest BCUT2D eigenvalue weighted by Gasteiger charge is 2.23. The van der Waals surface area contributed by atoms with Gasteiger partial charge < -0.3 is 15.1 Å². The largest absolute Gasteiger partial charge is 0.368 e. The maximum absolute atomic E-state index is 12.4. The van der Waals surface area contributed by atoms with Crippen LogP contribution in [-0.2, 0) is 9.59 Å². The van der Waals surface area contributed by atoms with Crippen molar-refractivity contribution in [2.75, 3.05) is 36.4 Å². The van der Waals surface area contributed by atoms with Crippen molar-refractivity contribution in [3.05, 3.63) is 59.7 Å². The number of aryl methyl sites for hydroxylation is 1. The van der Waals surface area contributed by atoms with Gasteiger partial charge in [-0.15, -0.1) is 0 Å². The summed E-state index contributed by atoms with van der Waals surface area (Å²) >= 11 is 0. The van der Waals surface area contributed by atoms with Crippen LogP contribution in [0.15, 0.2) is 48.5 Å². The molecule has 1 aliphatic rings. The Hall–Kier alpha value is -3.33. The Kier molecular flexibility index (Phi) is 5.72.